The summed E-state index contributed by atoms with van der Waals surface area (Å²) in [4.78, 5) is 16.5. The number of alkyl carbamates (subject to hydrolysis) is 1. The zero-order valence-electron chi connectivity index (χ0n) is 20.9. The van der Waals surface area contributed by atoms with Gasteiger partial charge in [-0.05, 0) is 74.7 Å². The van der Waals surface area contributed by atoms with Crippen molar-refractivity contribution in [2.24, 2.45) is 0 Å². The highest BCUT2D eigenvalue weighted by Gasteiger charge is 2.44. The second-order valence-corrected chi connectivity index (χ2v) is 9.37. The third kappa shape index (κ3) is 8.62. The number of carbonyl (C=O) groups excluding carboxylic acids is 1. The molecule has 1 heterocycles. The summed E-state index contributed by atoms with van der Waals surface area (Å²) in [5.74, 6) is 0.510. The van der Waals surface area contributed by atoms with Gasteiger partial charge in [0, 0.05) is 6.20 Å². The Morgan fingerprint density at radius 3 is 2.29 bits per heavy atom. The first-order valence-corrected chi connectivity index (χ1v) is 11.6. The molecule has 0 saturated heterocycles. The van der Waals surface area contributed by atoms with Crippen LogP contribution in [0.1, 0.15) is 38.0 Å². The number of benzene rings is 2. The molecule has 2 unspecified atom stereocenters. The molecule has 2 aromatic carbocycles. The van der Waals surface area contributed by atoms with E-state index in [0.29, 0.717) is 22.6 Å². The van der Waals surface area contributed by atoms with Crippen LogP contribution in [0.2, 0.25) is 0 Å². The van der Waals surface area contributed by atoms with Gasteiger partial charge >= 0.3 is 18.6 Å². The van der Waals surface area contributed by atoms with Crippen molar-refractivity contribution in [1.82, 2.24) is 10.3 Å². The minimum absolute atomic E-state index is 0.0637. The number of alkyl halides is 4. The van der Waals surface area contributed by atoms with Crippen LogP contribution >= 0.6 is 0 Å². The van der Waals surface area contributed by atoms with Crippen LogP contribution in [0.15, 0.2) is 73.1 Å². The van der Waals surface area contributed by atoms with Crippen molar-refractivity contribution in [3.05, 3.63) is 84.2 Å². The van der Waals surface area contributed by atoms with Gasteiger partial charge in [0.15, 0.2) is 0 Å². The summed E-state index contributed by atoms with van der Waals surface area (Å²) in [6.07, 6.45) is -7.68. The Morgan fingerprint density at radius 2 is 1.68 bits per heavy atom. The Kier molecular flexibility index (Phi) is 9.16. The number of aliphatic hydroxyl groups is 1. The fourth-order valence-corrected chi connectivity index (χ4v) is 3.40. The Balaban J connectivity index is 1.80. The van der Waals surface area contributed by atoms with E-state index in [1.54, 1.807) is 69.6 Å². The normalized spacial score (nSPS) is 13.5. The summed E-state index contributed by atoms with van der Waals surface area (Å²) in [6.45, 7) is 5.01. The number of rotatable bonds is 10. The van der Waals surface area contributed by atoms with Gasteiger partial charge in [-0.25, -0.2) is 4.79 Å². The van der Waals surface area contributed by atoms with Crippen molar-refractivity contribution in [2.45, 2.75) is 57.5 Å². The summed E-state index contributed by atoms with van der Waals surface area (Å²) < 4.78 is 67.0. The molecule has 3 aromatic rings. The van der Waals surface area contributed by atoms with Crippen LogP contribution < -0.4 is 14.8 Å². The van der Waals surface area contributed by atoms with Crippen LogP contribution in [0.5, 0.6) is 17.2 Å². The van der Waals surface area contributed by atoms with E-state index in [1.165, 1.54) is 12.1 Å². The number of hydrogen-bond donors (Lipinski definition) is 2. The molecule has 0 aliphatic heterocycles. The monoisotopic (exact) mass is 536 g/mol. The fraction of sp³-hybridized carbons (Fsp3) is 0.333. The van der Waals surface area contributed by atoms with E-state index in [1.807, 2.05) is 0 Å². The highest BCUT2D eigenvalue weighted by molar-refractivity contribution is 5.68. The molecule has 38 heavy (non-hydrogen) atoms. The molecule has 1 amide bonds. The second-order valence-electron chi connectivity index (χ2n) is 9.37. The van der Waals surface area contributed by atoms with Crippen molar-refractivity contribution in [3.8, 4) is 17.2 Å². The van der Waals surface area contributed by atoms with Crippen LogP contribution in [0.4, 0.5) is 22.4 Å². The maximum Gasteiger partial charge on any atom is 0.461 e. The average Bonchev–Trinajstić information content (AvgIpc) is 2.83. The molecule has 0 aliphatic rings. The molecule has 0 saturated carbocycles. The van der Waals surface area contributed by atoms with Crippen LogP contribution in [0.3, 0.4) is 0 Å². The second kappa shape index (κ2) is 12.1. The van der Waals surface area contributed by atoms with Crippen LogP contribution in [-0.2, 0) is 11.2 Å². The summed E-state index contributed by atoms with van der Waals surface area (Å²) in [6, 6.07) is 14.0. The van der Waals surface area contributed by atoms with Crippen molar-refractivity contribution in [1.29, 1.82) is 0 Å². The molecule has 0 aliphatic carbocycles. The lowest BCUT2D eigenvalue weighted by Gasteiger charge is -2.27. The van der Waals surface area contributed by atoms with Crippen molar-refractivity contribution in [2.75, 3.05) is 0 Å². The first kappa shape index (κ1) is 28.7. The lowest BCUT2D eigenvalue weighted by Crippen LogP contribution is -2.43. The van der Waals surface area contributed by atoms with E-state index in [2.05, 4.69) is 15.0 Å². The first-order valence-electron chi connectivity index (χ1n) is 11.6. The molecule has 3 rings (SSSR count). The molecule has 204 valence electrons. The maximum atomic E-state index is 13.4. The number of nitrogens with zero attached hydrogens (tertiary/aromatic N) is 1. The van der Waals surface area contributed by atoms with Gasteiger partial charge in [-0.3, -0.25) is 4.98 Å². The Morgan fingerprint density at radius 1 is 1.00 bits per heavy atom. The van der Waals surface area contributed by atoms with Gasteiger partial charge in [-0.15, -0.1) is 0 Å². The number of nitrogens with one attached hydrogen (secondary N) is 1. The number of ether oxygens (including phenoxy) is 3. The van der Waals surface area contributed by atoms with Crippen LogP contribution in [-0.4, -0.2) is 40.4 Å². The average molecular weight is 537 g/mol. The zero-order chi connectivity index (χ0) is 27.9. The lowest BCUT2D eigenvalue weighted by molar-refractivity contribution is -0.253. The van der Waals surface area contributed by atoms with E-state index in [9.17, 15) is 27.5 Å². The number of aromatic nitrogens is 1. The summed E-state index contributed by atoms with van der Waals surface area (Å²) in [5.41, 5.74) is -0.0649. The number of aliphatic hydroxyl groups excluding tert-OH is 1. The third-order valence-electron chi connectivity index (χ3n) is 5.04. The molecule has 2 atom stereocenters. The number of amides is 1. The quantitative estimate of drug-likeness (QED) is 0.297. The molecule has 0 radical (unpaired) electrons. The SMILES string of the molecule is CC(C)(C)OC(=O)NC(Cc1cccc(OC(F)(F)C(F)F)c1)C(O)c1ccc(Oc2cccnc2)cc1. The standard InChI is InChI=1S/C27H28F4N2O5/c1-26(2,3)38-25(35)33-22(15-17-6-4-7-20(14-17)37-27(30,31)24(28)29)23(34)18-9-11-19(12-10-18)36-21-8-5-13-32-16-21/h4-14,16,22-24,34H,15H2,1-3H3,(H,33,35). The zero-order valence-corrected chi connectivity index (χ0v) is 20.9. The van der Waals surface area contributed by atoms with E-state index in [-0.39, 0.29) is 6.42 Å². The van der Waals surface area contributed by atoms with Gasteiger partial charge in [-0.1, -0.05) is 24.3 Å². The predicted molar refractivity (Wildman–Crippen MR) is 131 cm³/mol. The van der Waals surface area contributed by atoms with Gasteiger partial charge in [0.2, 0.25) is 0 Å². The number of carbonyl (C=O) groups is 1. The Bertz CT molecular complexity index is 1190. The van der Waals surface area contributed by atoms with E-state index in [0.717, 1.165) is 12.1 Å². The van der Waals surface area contributed by atoms with Crippen molar-refractivity contribution < 1.29 is 41.7 Å². The number of hydrogen-bond acceptors (Lipinski definition) is 6. The molecule has 2 N–H and O–H groups in total. The summed E-state index contributed by atoms with van der Waals surface area (Å²) >= 11 is 0. The van der Waals surface area contributed by atoms with E-state index >= 15 is 0 Å². The highest BCUT2D eigenvalue weighted by atomic mass is 19.3. The summed E-state index contributed by atoms with van der Waals surface area (Å²) in [5, 5.41) is 13.7. The molecular formula is C27H28F4N2O5. The molecule has 1 aromatic heterocycles. The first-order chi connectivity index (χ1) is 17.8. The topological polar surface area (TPSA) is 89.9 Å². The predicted octanol–water partition coefficient (Wildman–Crippen LogP) is 6.28. The van der Waals surface area contributed by atoms with Gasteiger partial charge in [0.1, 0.15) is 22.8 Å². The Hall–Kier alpha value is -3.86. The molecule has 11 heteroatoms. The van der Waals surface area contributed by atoms with Gasteiger partial charge in [0.05, 0.1) is 18.3 Å². The third-order valence-corrected chi connectivity index (χ3v) is 5.04. The maximum absolute atomic E-state index is 13.4. The number of pyridine rings is 1. The molecule has 7 nitrogen and oxygen atoms in total. The molecule has 0 spiro atoms. The highest BCUT2D eigenvalue weighted by Crippen LogP contribution is 2.30. The van der Waals surface area contributed by atoms with E-state index in [4.69, 9.17) is 9.47 Å². The van der Waals surface area contributed by atoms with Crippen molar-refractivity contribution >= 4 is 6.09 Å². The minimum Gasteiger partial charge on any atom is -0.456 e. The van der Waals surface area contributed by atoms with Gasteiger partial charge in [0.25, 0.3) is 0 Å². The van der Waals surface area contributed by atoms with Crippen LogP contribution in [0.25, 0.3) is 0 Å². The van der Waals surface area contributed by atoms with Gasteiger partial charge < -0.3 is 24.6 Å². The molecule has 0 fully saturated rings. The Labute approximate surface area is 217 Å². The minimum atomic E-state index is -4.67. The molecular weight excluding hydrogens is 508 g/mol. The lowest BCUT2D eigenvalue weighted by atomic mass is 9.96. The molecule has 0 bridgehead atoms. The van der Waals surface area contributed by atoms with Gasteiger partial charge in [-0.2, -0.15) is 17.6 Å². The smallest absolute Gasteiger partial charge is 0.456 e. The van der Waals surface area contributed by atoms with E-state index < -0.39 is 42.1 Å². The largest absolute Gasteiger partial charge is 0.461 e. The number of halogens is 4. The fourth-order valence-electron chi connectivity index (χ4n) is 3.40. The van der Waals surface area contributed by atoms with Crippen molar-refractivity contribution in [3.63, 3.8) is 0 Å². The summed E-state index contributed by atoms with van der Waals surface area (Å²) in [7, 11) is 0. The van der Waals surface area contributed by atoms with Crippen LogP contribution in [0, 0.1) is 0 Å².